The average Bonchev–Trinajstić information content (AvgIpc) is 2.63. The van der Waals surface area contributed by atoms with Crippen molar-refractivity contribution in [1.29, 1.82) is 0 Å². The van der Waals surface area contributed by atoms with Crippen LogP contribution in [-0.4, -0.2) is 62.8 Å². The number of aliphatic hydroxyl groups is 3. The zero-order valence-electron chi connectivity index (χ0n) is 11.5. The number of nitrogens with zero attached hydrogens (tertiary/aromatic N) is 1. The van der Waals surface area contributed by atoms with Crippen LogP contribution in [-0.2, 0) is 9.59 Å². The Bertz CT molecular complexity index is 333. The molecule has 3 N–H and O–H groups in total. The Kier molecular flexibility index (Phi) is 5.90. The summed E-state index contributed by atoms with van der Waals surface area (Å²) in [4.78, 5) is 24.9. The van der Waals surface area contributed by atoms with Gasteiger partial charge in [-0.05, 0) is 6.42 Å². The van der Waals surface area contributed by atoms with E-state index in [9.17, 15) is 24.9 Å². The molecule has 0 spiro atoms. The first-order chi connectivity index (χ1) is 8.97. The molecule has 1 aliphatic heterocycles. The predicted octanol–water partition coefficient (Wildman–Crippen LogP) is -0.551. The van der Waals surface area contributed by atoms with Crippen molar-refractivity contribution in [3.8, 4) is 0 Å². The lowest BCUT2D eigenvalue weighted by Crippen LogP contribution is -2.46. The van der Waals surface area contributed by atoms with Gasteiger partial charge in [0.15, 0.2) is 0 Å². The van der Waals surface area contributed by atoms with E-state index in [1.54, 1.807) is 6.92 Å². The minimum absolute atomic E-state index is 0.0146. The average molecular weight is 273 g/mol. The number of carbonyl (C=O) groups is 2. The number of likely N-dealkylation sites (tertiary alicyclic amines) is 1. The van der Waals surface area contributed by atoms with E-state index in [2.05, 4.69) is 0 Å². The van der Waals surface area contributed by atoms with Crippen LogP contribution in [0.3, 0.4) is 0 Å². The van der Waals surface area contributed by atoms with Crippen LogP contribution in [0.15, 0.2) is 0 Å². The van der Waals surface area contributed by atoms with E-state index in [-0.39, 0.29) is 24.5 Å². The molecule has 1 rings (SSSR count). The van der Waals surface area contributed by atoms with Crippen molar-refractivity contribution in [2.45, 2.75) is 63.8 Å². The van der Waals surface area contributed by atoms with E-state index in [1.807, 2.05) is 6.92 Å². The summed E-state index contributed by atoms with van der Waals surface area (Å²) in [6.07, 6.45) is -1.16. The number of hydrogen-bond acceptors (Lipinski definition) is 5. The van der Waals surface area contributed by atoms with Gasteiger partial charge in [0.2, 0.25) is 5.91 Å². The van der Waals surface area contributed by atoms with E-state index in [0.29, 0.717) is 12.8 Å². The minimum atomic E-state index is -1.21. The number of hydrogen-bond donors (Lipinski definition) is 3. The number of aliphatic hydroxyl groups excluding tert-OH is 3. The fraction of sp³-hybridized carbons (Fsp3) is 0.846. The highest BCUT2D eigenvalue weighted by molar-refractivity contribution is 5.81. The van der Waals surface area contributed by atoms with E-state index in [4.69, 9.17) is 0 Å². The van der Waals surface area contributed by atoms with Crippen LogP contribution < -0.4 is 0 Å². The highest BCUT2D eigenvalue weighted by Gasteiger charge is 2.49. The van der Waals surface area contributed by atoms with Crippen LogP contribution in [0, 0.1) is 0 Å². The quantitative estimate of drug-likeness (QED) is 0.603. The topological polar surface area (TPSA) is 98.1 Å². The second-order valence-corrected chi connectivity index (χ2v) is 4.95. The molecule has 0 bridgehead atoms. The summed E-state index contributed by atoms with van der Waals surface area (Å²) in [5.74, 6) is -0.324. The third-order valence-corrected chi connectivity index (χ3v) is 3.62. The maximum absolute atomic E-state index is 12.1. The Morgan fingerprint density at radius 2 is 1.68 bits per heavy atom. The monoisotopic (exact) mass is 273 g/mol. The molecule has 1 aliphatic rings. The summed E-state index contributed by atoms with van der Waals surface area (Å²) in [5, 5.41) is 29.2. The Morgan fingerprint density at radius 3 is 2.16 bits per heavy atom. The van der Waals surface area contributed by atoms with Crippen molar-refractivity contribution in [3.05, 3.63) is 0 Å². The van der Waals surface area contributed by atoms with Crippen LogP contribution in [0.25, 0.3) is 0 Å². The summed E-state index contributed by atoms with van der Waals surface area (Å²) in [6, 6.07) is -1.57. The fourth-order valence-electron chi connectivity index (χ4n) is 2.54. The molecule has 0 aromatic heterocycles. The lowest BCUT2D eigenvalue weighted by atomic mass is 10.0. The standard InChI is InChI=1S/C13H23NO5/c1-3-5-11(17)14-9(6-8(16)4-2)12(18)13(19)10(14)7-15/h9-10,12-13,15,18-19H,3-7H2,1-2H3/t9?,10-,12-,13-/m1/s1. The van der Waals surface area contributed by atoms with Crippen LogP contribution in [0.2, 0.25) is 0 Å². The second kappa shape index (κ2) is 6.98. The molecule has 1 amide bonds. The third kappa shape index (κ3) is 3.32. The lowest BCUT2D eigenvalue weighted by Gasteiger charge is -2.29. The number of rotatable bonds is 6. The first-order valence-electron chi connectivity index (χ1n) is 6.77. The third-order valence-electron chi connectivity index (χ3n) is 3.62. The molecule has 0 radical (unpaired) electrons. The van der Waals surface area contributed by atoms with Gasteiger partial charge in [0.25, 0.3) is 0 Å². The molecule has 6 heteroatoms. The van der Waals surface area contributed by atoms with Gasteiger partial charge in [-0.25, -0.2) is 0 Å². The maximum atomic E-state index is 12.1. The van der Waals surface area contributed by atoms with Crippen molar-refractivity contribution < 1.29 is 24.9 Å². The maximum Gasteiger partial charge on any atom is 0.223 e. The molecule has 0 saturated carbocycles. The van der Waals surface area contributed by atoms with E-state index >= 15 is 0 Å². The molecular formula is C13H23NO5. The zero-order chi connectivity index (χ0) is 14.6. The molecule has 1 unspecified atom stereocenters. The Hall–Kier alpha value is -0.980. The first kappa shape index (κ1) is 16.1. The van der Waals surface area contributed by atoms with E-state index in [0.717, 1.165) is 0 Å². The summed E-state index contributed by atoms with van der Waals surface area (Å²) in [6.45, 7) is 3.13. The van der Waals surface area contributed by atoms with Crippen LogP contribution in [0.4, 0.5) is 0 Å². The predicted molar refractivity (Wildman–Crippen MR) is 68.3 cm³/mol. The summed E-state index contributed by atoms with van der Waals surface area (Å²) in [5.41, 5.74) is 0. The fourth-order valence-corrected chi connectivity index (χ4v) is 2.54. The minimum Gasteiger partial charge on any atom is -0.394 e. The van der Waals surface area contributed by atoms with Crippen LogP contribution >= 0.6 is 0 Å². The molecular weight excluding hydrogens is 250 g/mol. The second-order valence-electron chi connectivity index (χ2n) is 4.95. The largest absolute Gasteiger partial charge is 0.394 e. The lowest BCUT2D eigenvalue weighted by molar-refractivity contribution is -0.137. The zero-order valence-corrected chi connectivity index (χ0v) is 11.5. The number of amides is 1. The Morgan fingerprint density at radius 1 is 1.11 bits per heavy atom. The summed E-state index contributed by atoms with van der Waals surface area (Å²) < 4.78 is 0. The number of Topliss-reactive ketones (excluding diaryl/α,β-unsaturated/α-hetero) is 1. The normalized spacial score (nSPS) is 30.7. The smallest absolute Gasteiger partial charge is 0.223 e. The summed E-state index contributed by atoms with van der Waals surface area (Å²) >= 11 is 0. The van der Waals surface area contributed by atoms with Gasteiger partial charge in [-0.15, -0.1) is 0 Å². The Labute approximate surface area is 113 Å². The van der Waals surface area contributed by atoms with Gasteiger partial charge in [-0.3, -0.25) is 9.59 Å². The highest BCUT2D eigenvalue weighted by Crippen LogP contribution is 2.28. The molecule has 1 fully saturated rings. The Balaban J connectivity index is 2.94. The van der Waals surface area contributed by atoms with Gasteiger partial charge in [0, 0.05) is 19.3 Å². The van der Waals surface area contributed by atoms with Crippen molar-refractivity contribution >= 4 is 11.7 Å². The molecule has 1 heterocycles. The van der Waals surface area contributed by atoms with Crippen molar-refractivity contribution in [1.82, 2.24) is 4.90 Å². The van der Waals surface area contributed by atoms with E-state index < -0.39 is 30.9 Å². The molecule has 1 saturated heterocycles. The number of carbonyl (C=O) groups excluding carboxylic acids is 2. The van der Waals surface area contributed by atoms with Gasteiger partial charge in [-0.2, -0.15) is 0 Å². The molecule has 0 aliphatic carbocycles. The van der Waals surface area contributed by atoms with Gasteiger partial charge < -0.3 is 20.2 Å². The van der Waals surface area contributed by atoms with Gasteiger partial charge in [-0.1, -0.05) is 13.8 Å². The van der Waals surface area contributed by atoms with E-state index in [1.165, 1.54) is 4.90 Å². The molecule has 0 aromatic carbocycles. The molecule has 6 nitrogen and oxygen atoms in total. The molecule has 4 atom stereocenters. The highest BCUT2D eigenvalue weighted by atomic mass is 16.3. The van der Waals surface area contributed by atoms with Gasteiger partial charge in [0.05, 0.1) is 18.7 Å². The summed E-state index contributed by atoms with van der Waals surface area (Å²) in [7, 11) is 0. The van der Waals surface area contributed by atoms with Crippen LogP contribution in [0.1, 0.15) is 39.5 Å². The van der Waals surface area contributed by atoms with Crippen molar-refractivity contribution in [2.75, 3.05) is 6.61 Å². The van der Waals surface area contributed by atoms with Gasteiger partial charge in [0.1, 0.15) is 18.0 Å². The first-order valence-corrected chi connectivity index (χ1v) is 6.77. The van der Waals surface area contributed by atoms with Crippen molar-refractivity contribution in [3.63, 3.8) is 0 Å². The SMILES string of the molecule is CCCC(=O)N1C(CC(=O)CC)[C@@H](O)[C@H](O)[C@H]1CO. The molecule has 19 heavy (non-hydrogen) atoms. The molecule has 0 aromatic rings. The molecule has 110 valence electrons. The van der Waals surface area contributed by atoms with Crippen molar-refractivity contribution in [2.24, 2.45) is 0 Å². The van der Waals surface area contributed by atoms with Crippen LogP contribution in [0.5, 0.6) is 0 Å². The van der Waals surface area contributed by atoms with Gasteiger partial charge >= 0.3 is 0 Å². The number of ketones is 1.